The number of nitrogens with zero attached hydrogens (tertiary/aromatic N) is 6. The topological polar surface area (TPSA) is 123 Å². The monoisotopic (exact) mass is 698 g/mol. The van der Waals surface area contributed by atoms with Crippen LogP contribution < -0.4 is 9.64 Å². The molecule has 0 spiro atoms. The lowest BCUT2D eigenvalue weighted by Gasteiger charge is -2.55. The Morgan fingerprint density at radius 2 is 1.61 bits per heavy atom. The van der Waals surface area contributed by atoms with Crippen LogP contribution in [-0.2, 0) is 20.5 Å². The summed E-state index contributed by atoms with van der Waals surface area (Å²) in [5.74, 6) is 1.53. The quantitative estimate of drug-likeness (QED) is 0.275. The molecule has 4 aliphatic carbocycles. The minimum atomic E-state index is -0.464. The van der Waals surface area contributed by atoms with E-state index >= 15 is 0 Å². The molecule has 5 aliphatic rings. The summed E-state index contributed by atoms with van der Waals surface area (Å²) < 4.78 is 13.4. The molecular weight excluding hydrogens is 644 g/mol. The molecule has 3 aromatic rings. The summed E-state index contributed by atoms with van der Waals surface area (Å²) in [5.41, 5.74) is 5.46. The van der Waals surface area contributed by atoms with Gasteiger partial charge in [-0.1, -0.05) is 12.1 Å². The number of aliphatic hydroxyl groups is 1. The number of amides is 2. The van der Waals surface area contributed by atoms with Gasteiger partial charge in [0, 0.05) is 30.3 Å². The van der Waals surface area contributed by atoms with E-state index in [0.717, 1.165) is 55.5 Å². The van der Waals surface area contributed by atoms with E-state index in [-0.39, 0.29) is 40.4 Å². The number of rotatable bonds is 8. The molecule has 5 fully saturated rings. The van der Waals surface area contributed by atoms with Crippen molar-refractivity contribution in [3.63, 3.8) is 0 Å². The third-order valence-corrected chi connectivity index (χ3v) is 12.3. The largest absolute Gasteiger partial charge is 0.496 e. The summed E-state index contributed by atoms with van der Waals surface area (Å²) >= 11 is 0. The van der Waals surface area contributed by atoms with Gasteiger partial charge in [0.1, 0.15) is 24.0 Å². The van der Waals surface area contributed by atoms with Crippen LogP contribution in [0.1, 0.15) is 102 Å². The van der Waals surface area contributed by atoms with Crippen LogP contribution in [0.3, 0.4) is 0 Å². The van der Waals surface area contributed by atoms with Gasteiger partial charge in [-0.25, -0.2) is 14.8 Å². The summed E-state index contributed by atoms with van der Waals surface area (Å²) in [6.45, 7) is 11.9. The van der Waals surface area contributed by atoms with Crippen molar-refractivity contribution >= 4 is 17.8 Å². The molecule has 1 aliphatic heterocycles. The Balaban J connectivity index is 1.11. The molecule has 11 nitrogen and oxygen atoms in total. The number of carbonyl (C=O) groups is 2. The Labute approximate surface area is 301 Å². The fourth-order valence-corrected chi connectivity index (χ4v) is 9.06. The maximum Gasteiger partial charge on any atom is 0.410 e. The first-order chi connectivity index (χ1) is 24.3. The number of aromatic nitrogens is 4. The van der Waals surface area contributed by atoms with Gasteiger partial charge in [0.25, 0.3) is 0 Å². The number of β-amino-alcohol motifs (C(OH)–C–C–N with tert-alkyl or cyclic N) is 1. The molecule has 2 aromatic heterocycles. The molecule has 4 saturated carbocycles. The number of hydrogen-bond acceptors (Lipinski definition) is 8. The molecular formula is C40H54N6O5. The lowest BCUT2D eigenvalue weighted by molar-refractivity contribution is -0.124. The SMILES string of the molecule is COc1c(C)cc(C23CCC(CN(c4cc(-c5cnn(C(C)(C)C)c5)ncn4)C(=O)[C@H]4CC[C@H](OC(=O)N5CC(O)C5)CC4)(CC2)CC3)cc1C. The number of likely N-dealkylation sites (tertiary alicyclic amines) is 1. The molecule has 3 heterocycles. The van der Waals surface area contributed by atoms with E-state index in [1.807, 2.05) is 28.0 Å². The molecule has 0 unspecified atom stereocenters. The van der Waals surface area contributed by atoms with Gasteiger partial charge in [-0.2, -0.15) is 5.10 Å². The normalized spacial score (nSPS) is 26.5. The highest BCUT2D eigenvalue weighted by Crippen LogP contribution is 2.58. The standard InChI is InChI=1S/C40H54N6O5/c1-26-17-30(18-27(2)35(26)50-6)40-14-11-39(12-15-40,13-16-40)24-45(34-19-33(41-25-42-34)29-20-43-46(21-29)38(3,4)5)36(48)28-7-9-32(10-8-28)51-37(49)44-22-31(47)23-44/h17-21,25,28,31-32,47H,7-16,22-24H2,1-6H3/t28-,32-,39?,40?. The van der Waals surface area contributed by atoms with Crippen molar-refractivity contribution in [1.29, 1.82) is 0 Å². The van der Waals surface area contributed by atoms with Gasteiger partial charge in [0.15, 0.2) is 0 Å². The van der Waals surface area contributed by atoms with Gasteiger partial charge in [0.05, 0.1) is 43.7 Å². The van der Waals surface area contributed by atoms with Crippen molar-refractivity contribution < 1.29 is 24.2 Å². The Morgan fingerprint density at radius 3 is 2.18 bits per heavy atom. The van der Waals surface area contributed by atoms with E-state index in [9.17, 15) is 14.7 Å². The summed E-state index contributed by atoms with van der Waals surface area (Å²) in [7, 11) is 1.75. The second kappa shape index (κ2) is 13.5. The van der Waals surface area contributed by atoms with Gasteiger partial charge < -0.3 is 19.5 Å². The summed E-state index contributed by atoms with van der Waals surface area (Å²) in [5, 5.41) is 14.2. The number of methoxy groups -OCH3 is 1. The second-order valence-electron chi connectivity index (χ2n) is 16.9. The molecule has 2 amide bonds. The van der Waals surface area contributed by atoms with Crippen LogP contribution in [0.2, 0.25) is 0 Å². The van der Waals surface area contributed by atoms with Crippen molar-refractivity contribution in [1.82, 2.24) is 24.6 Å². The van der Waals surface area contributed by atoms with Crippen LogP contribution in [0.4, 0.5) is 10.6 Å². The molecule has 1 saturated heterocycles. The van der Waals surface area contributed by atoms with Crippen LogP contribution in [0.5, 0.6) is 5.75 Å². The number of benzene rings is 1. The van der Waals surface area contributed by atoms with Crippen LogP contribution in [0.15, 0.2) is 36.9 Å². The molecule has 11 heteroatoms. The van der Waals surface area contributed by atoms with E-state index in [1.165, 1.54) is 21.6 Å². The van der Waals surface area contributed by atoms with Crippen molar-refractivity contribution in [3.05, 3.63) is 53.6 Å². The zero-order valence-electron chi connectivity index (χ0n) is 31.2. The molecule has 8 rings (SSSR count). The molecule has 0 radical (unpaired) electrons. The fraction of sp³-hybridized carbons (Fsp3) is 0.625. The highest BCUT2D eigenvalue weighted by molar-refractivity contribution is 5.94. The molecule has 2 bridgehead atoms. The minimum Gasteiger partial charge on any atom is -0.496 e. The Kier molecular flexibility index (Phi) is 9.39. The lowest BCUT2D eigenvalue weighted by atomic mass is 9.51. The number of fused-ring (bicyclic) bond motifs is 3. The van der Waals surface area contributed by atoms with Crippen molar-refractivity contribution in [2.24, 2.45) is 11.3 Å². The van der Waals surface area contributed by atoms with E-state index in [0.29, 0.717) is 51.1 Å². The maximum atomic E-state index is 14.7. The second-order valence-corrected chi connectivity index (χ2v) is 16.9. The summed E-state index contributed by atoms with van der Waals surface area (Å²) in [6, 6.07) is 6.63. The van der Waals surface area contributed by atoms with Crippen LogP contribution in [0.25, 0.3) is 11.3 Å². The molecule has 0 atom stereocenters. The van der Waals surface area contributed by atoms with E-state index < -0.39 is 6.10 Å². The van der Waals surface area contributed by atoms with Gasteiger partial charge in [0.2, 0.25) is 5.91 Å². The number of ether oxygens (including phenoxy) is 2. The average molecular weight is 699 g/mol. The number of anilines is 1. The van der Waals surface area contributed by atoms with Crippen molar-refractivity contribution in [2.75, 3.05) is 31.6 Å². The van der Waals surface area contributed by atoms with Gasteiger partial charge in [-0.05, 0) is 126 Å². The minimum absolute atomic E-state index is 0.0186. The van der Waals surface area contributed by atoms with Gasteiger partial charge in [-0.15, -0.1) is 0 Å². The predicted octanol–water partition coefficient (Wildman–Crippen LogP) is 6.72. The lowest BCUT2D eigenvalue weighted by Crippen LogP contribution is -2.54. The molecule has 274 valence electrons. The zero-order chi connectivity index (χ0) is 36.1. The zero-order valence-corrected chi connectivity index (χ0v) is 31.2. The summed E-state index contributed by atoms with van der Waals surface area (Å²) in [6.07, 6.45) is 13.4. The van der Waals surface area contributed by atoms with Gasteiger partial charge >= 0.3 is 6.09 Å². The first kappa shape index (κ1) is 35.4. The average Bonchev–Trinajstić information content (AvgIpc) is 3.62. The maximum absolute atomic E-state index is 14.7. The molecule has 51 heavy (non-hydrogen) atoms. The van der Waals surface area contributed by atoms with E-state index in [1.54, 1.807) is 13.4 Å². The predicted molar refractivity (Wildman–Crippen MR) is 195 cm³/mol. The highest BCUT2D eigenvalue weighted by Gasteiger charge is 2.51. The van der Waals surface area contributed by atoms with Crippen LogP contribution >= 0.6 is 0 Å². The number of aliphatic hydroxyl groups excluding tert-OH is 1. The number of carbonyl (C=O) groups excluding carboxylic acids is 2. The fourth-order valence-electron chi connectivity index (χ4n) is 9.06. The highest BCUT2D eigenvalue weighted by atomic mass is 16.6. The van der Waals surface area contributed by atoms with E-state index in [2.05, 4.69) is 56.8 Å². The van der Waals surface area contributed by atoms with E-state index in [4.69, 9.17) is 14.5 Å². The smallest absolute Gasteiger partial charge is 0.410 e. The van der Waals surface area contributed by atoms with Crippen LogP contribution in [-0.4, -0.2) is 80.7 Å². The summed E-state index contributed by atoms with van der Waals surface area (Å²) in [4.78, 5) is 40.0. The molecule has 1 aromatic carbocycles. The number of aryl methyl sites for hydroxylation is 2. The Bertz CT molecular complexity index is 1720. The molecule has 1 N–H and O–H groups in total. The first-order valence-corrected chi connectivity index (χ1v) is 18.8. The first-order valence-electron chi connectivity index (χ1n) is 18.8. The van der Waals surface area contributed by atoms with Gasteiger partial charge in [-0.3, -0.25) is 14.4 Å². The Hall–Kier alpha value is -3.99. The Morgan fingerprint density at radius 1 is 0.961 bits per heavy atom. The third-order valence-electron chi connectivity index (χ3n) is 12.3. The number of hydrogen-bond donors (Lipinski definition) is 1. The van der Waals surface area contributed by atoms with Crippen molar-refractivity contribution in [3.8, 4) is 17.0 Å². The van der Waals surface area contributed by atoms with Crippen molar-refractivity contribution in [2.45, 2.75) is 122 Å². The third kappa shape index (κ3) is 6.98. The van der Waals surface area contributed by atoms with Crippen LogP contribution in [0, 0.1) is 25.2 Å².